The van der Waals surface area contributed by atoms with Crippen LogP contribution in [0.25, 0.3) is 0 Å². The van der Waals surface area contributed by atoms with E-state index in [9.17, 15) is 0 Å². The lowest BCUT2D eigenvalue weighted by Crippen LogP contribution is -2.17. The zero-order chi connectivity index (χ0) is 12.3. The number of aryl methyl sites for hydroxylation is 1. The average Bonchev–Trinajstić information content (AvgIpc) is 2.77. The van der Waals surface area contributed by atoms with E-state index in [0.717, 1.165) is 16.9 Å². The molecule has 0 aliphatic heterocycles. The van der Waals surface area contributed by atoms with Crippen LogP contribution < -0.4 is 10.1 Å². The molecule has 0 radical (unpaired) electrons. The van der Waals surface area contributed by atoms with E-state index >= 15 is 0 Å². The molecule has 1 N–H and O–H groups in total. The van der Waals surface area contributed by atoms with Gasteiger partial charge in [0, 0.05) is 25.0 Å². The fourth-order valence-corrected chi connectivity index (χ4v) is 1.82. The van der Waals surface area contributed by atoms with Gasteiger partial charge in [0.05, 0.1) is 25.5 Å². The van der Waals surface area contributed by atoms with Gasteiger partial charge in [-0.2, -0.15) is 5.10 Å². The average molecular weight is 232 g/mol. The highest BCUT2D eigenvalue weighted by Crippen LogP contribution is 2.23. The predicted octanol–water partition coefficient (Wildman–Crippen LogP) is 1.13. The Morgan fingerprint density at radius 1 is 1.29 bits per heavy atom. The lowest BCUT2D eigenvalue weighted by molar-refractivity contribution is 0.411. The number of aromatic nitrogens is 3. The first-order valence-corrected chi connectivity index (χ1v) is 5.39. The highest BCUT2D eigenvalue weighted by Gasteiger charge is 2.14. The second-order valence-electron chi connectivity index (χ2n) is 3.83. The first kappa shape index (κ1) is 11.6. The molecule has 0 saturated carbocycles. The zero-order valence-corrected chi connectivity index (χ0v) is 10.2. The fraction of sp³-hybridized carbons (Fsp3) is 0.333. The van der Waals surface area contributed by atoms with E-state index in [1.165, 1.54) is 0 Å². The van der Waals surface area contributed by atoms with Crippen molar-refractivity contribution in [3.05, 3.63) is 42.0 Å². The molecule has 90 valence electrons. The number of rotatable bonds is 4. The molecule has 2 aromatic heterocycles. The number of ether oxygens (including phenoxy) is 1. The lowest BCUT2D eigenvalue weighted by Gasteiger charge is -2.15. The smallest absolute Gasteiger partial charge is 0.137 e. The molecule has 0 fully saturated rings. The molecule has 5 nitrogen and oxygen atoms in total. The van der Waals surface area contributed by atoms with Gasteiger partial charge >= 0.3 is 0 Å². The van der Waals surface area contributed by atoms with Gasteiger partial charge in [0.1, 0.15) is 5.75 Å². The Kier molecular flexibility index (Phi) is 3.39. The number of hydrogen-bond donors (Lipinski definition) is 1. The van der Waals surface area contributed by atoms with Crippen molar-refractivity contribution in [2.24, 2.45) is 7.05 Å². The van der Waals surface area contributed by atoms with Crippen LogP contribution >= 0.6 is 0 Å². The van der Waals surface area contributed by atoms with E-state index in [1.807, 2.05) is 38.8 Å². The summed E-state index contributed by atoms with van der Waals surface area (Å²) >= 11 is 0. The summed E-state index contributed by atoms with van der Waals surface area (Å²) in [6.07, 6.45) is 7.36. The normalized spacial score (nSPS) is 12.4. The van der Waals surface area contributed by atoms with E-state index in [0.29, 0.717) is 0 Å². The van der Waals surface area contributed by atoms with Crippen LogP contribution in [0.1, 0.15) is 17.2 Å². The van der Waals surface area contributed by atoms with Crippen molar-refractivity contribution in [2.45, 2.75) is 6.04 Å². The summed E-state index contributed by atoms with van der Waals surface area (Å²) < 4.78 is 6.96. The van der Waals surface area contributed by atoms with Crippen molar-refractivity contribution in [2.75, 3.05) is 14.2 Å². The minimum Gasteiger partial charge on any atom is -0.495 e. The molecule has 1 unspecified atom stereocenters. The molecule has 0 aromatic carbocycles. The van der Waals surface area contributed by atoms with Gasteiger partial charge in [-0.15, -0.1) is 0 Å². The Labute approximate surface area is 100 Å². The Balaban J connectivity index is 2.34. The highest BCUT2D eigenvalue weighted by molar-refractivity contribution is 5.32. The molecule has 1 atom stereocenters. The van der Waals surface area contributed by atoms with Gasteiger partial charge in [-0.1, -0.05) is 0 Å². The van der Waals surface area contributed by atoms with Crippen LogP contribution in [0.4, 0.5) is 0 Å². The molecular weight excluding hydrogens is 216 g/mol. The van der Waals surface area contributed by atoms with Crippen LogP contribution in [0, 0.1) is 0 Å². The second-order valence-corrected chi connectivity index (χ2v) is 3.83. The van der Waals surface area contributed by atoms with Gasteiger partial charge in [-0.25, -0.2) is 0 Å². The summed E-state index contributed by atoms with van der Waals surface area (Å²) in [5.74, 6) is 0.756. The largest absolute Gasteiger partial charge is 0.495 e. The monoisotopic (exact) mass is 232 g/mol. The molecule has 2 heterocycles. The first-order valence-electron chi connectivity index (χ1n) is 5.39. The van der Waals surface area contributed by atoms with Crippen LogP contribution in [0.5, 0.6) is 5.75 Å². The quantitative estimate of drug-likeness (QED) is 0.858. The predicted molar refractivity (Wildman–Crippen MR) is 64.9 cm³/mol. The standard InChI is InChI=1S/C12H16N4O/c1-13-12(10-6-15-16(2)8-10)9-4-11(17-3)7-14-5-9/h4-8,12-13H,1-3H3. The molecule has 5 heteroatoms. The third-order valence-corrected chi connectivity index (χ3v) is 2.65. The van der Waals surface area contributed by atoms with Crippen molar-refractivity contribution < 1.29 is 4.74 Å². The number of pyridine rings is 1. The third-order valence-electron chi connectivity index (χ3n) is 2.65. The van der Waals surface area contributed by atoms with Crippen molar-refractivity contribution in [1.82, 2.24) is 20.1 Å². The topological polar surface area (TPSA) is 52.0 Å². The molecule has 2 aromatic rings. The maximum Gasteiger partial charge on any atom is 0.137 e. The molecule has 0 aliphatic carbocycles. The van der Waals surface area contributed by atoms with E-state index in [4.69, 9.17) is 4.74 Å². The van der Waals surface area contributed by atoms with Gasteiger partial charge in [-0.3, -0.25) is 9.67 Å². The van der Waals surface area contributed by atoms with E-state index < -0.39 is 0 Å². The fourth-order valence-electron chi connectivity index (χ4n) is 1.82. The summed E-state index contributed by atoms with van der Waals surface area (Å²) in [6, 6.07) is 2.05. The van der Waals surface area contributed by atoms with Crippen LogP contribution in [-0.2, 0) is 7.05 Å². The van der Waals surface area contributed by atoms with Crippen molar-refractivity contribution in [3.63, 3.8) is 0 Å². The Morgan fingerprint density at radius 2 is 2.12 bits per heavy atom. The van der Waals surface area contributed by atoms with Crippen LogP contribution in [0.3, 0.4) is 0 Å². The lowest BCUT2D eigenvalue weighted by atomic mass is 10.0. The third kappa shape index (κ3) is 2.45. The molecule has 0 aliphatic rings. The van der Waals surface area contributed by atoms with E-state index in [1.54, 1.807) is 18.0 Å². The second kappa shape index (κ2) is 4.97. The molecular formula is C12H16N4O. The van der Waals surface area contributed by atoms with Crippen LogP contribution in [0.2, 0.25) is 0 Å². The van der Waals surface area contributed by atoms with Crippen molar-refractivity contribution in [1.29, 1.82) is 0 Å². The Morgan fingerprint density at radius 3 is 2.71 bits per heavy atom. The highest BCUT2D eigenvalue weighted by atomic mass is 16.5. The van der Waals surface area contributed by atoms with Gasteiger partial charge in [0.2, 0.25) is 0 Å². The number of hydrogen-bond acceptors (Lipinski definition) is 4. The van der Waals surface area contributed by atoms with E-state index in [-0.39, 0.29) is 6.04 Å². The van der Waals surface area contributed by atoms with Gasteiger partial charge < -0.3 is 10.1 Å². The first-order chi connectivity index (χ1) is 8.24. The SMILES string of the molecule is CNC(c1cncc(OC)c1)c1cnn(C)c1. The zero-order valence-electron chi connectivity index (χ0n) is 10.2. The minimum atomic E-state index is 0.0753. The molecule has 0 saturated heterocycles. The van der Waals surface area contributed by atoms with Gasteiger partial charge in [0.25, 0.3) is 0 Å². The van der Waals surface area contributed by atoms with E-state index in [2.05, 4.69) is 15.4 Å². The van der Waals surface area contributed by atoms with Crippen molar-refractivity contribution in [3.8, 4) is 5.75 Å². The minimum absolute atomic E-state index is 0.0753. The Hall–Kier alpha value is -1.88. The van der Waals surface area contributed by atoms with Crippen LogP contribution in [-0.4, -0.2) is 28.9 Å². The Bertz CT molecular complexity index is 495. The van der Waals surface area contributed by atoms with Crippen molar-refractivity contribution >= 4 is 0 Å². The number of nitrogens with one attached hydrogen (secondary N) is 1. The molecule has 17 heavy (non-hydrogen) atoms. The molecule has 2 rings (SSSR count). The summed E-state index contributed by atoms with van der Waals surface area (Å²) in [4.78, 5) is 4.16. The molecule has 0 spiro atoms. The summed E-state index contributed by atoms with van der Waals surface area (Å²) in [6.45, 7) is 0. The van der Waals surface area contributed by atoms with Crippen LogP contribution in [0.15, 0.2) is 30.9 Å². The molecule has 0 bridgehead atoms. The van der Waals surface area contributed by atoms with Gasteiger partial charge in [0.15, 0.2) is 0 Å². The summed E-state index contributed by atoms with van der Waals surface area (Å²) in [5.41, 5.74) is 2.16. The van der Waals surface area contributed by atoms with Gasteiger partial charge in [-0.05, 0) is 18.7 Å². The number of methoxy groups -OCH3 is 1. The summed E-state index contributed by atoms with van der Waals surface area (Å²) in [5, 5.41) is 7.43. The number of nitrogens with zero attached hydrogens (tertiary/aromatic N) is 3. The maximum atomic E-state index is 5.18. The summed E-state index contributed by atoms with van der Waals surface area (Å²) in [7, 11) is 5.45. The molecule has 0 amide bonds. The maximum absolute atomic E-state index is 5.18.